The van der Waals surface area contributed by atoms with E-state index in [1.165, 1.54) is 10.9 Å². The standard InChI is InChI=1S/C17H17N3O/c1-2-20-12-16(5-6-17(20)21)19-10-13-3-4-15-11-18-8-7-14(15)9-13/h3-9,11-12,19H,2,10H2,1H3. The second-order valence-electron chi connectivity index (χ2n) is 4.95. The summed E-state index contributed by atoms with van der Waals surface area (Å²) in [6.07, 6.45) is 5.52. The number of fused-ring (bicyclic) bond motifs is 1. The molecule has 0 amide bonds. The van der Waals surface area contributed by atoms with Crippen LogP contribution < -0.4 is 10.9 Å². The number of anilines is 1. The van der Waals surface area contributed by atoms with Crippen LogP contribution in [0.4, 0.5) is 5.69 Å². The number of aryl methyl sites for hydroxylation is 1. The minimum Gasteiger partial charge on any atom is -0.380 e. The quantitative estimate of drug-likeness (QED) is 0.798. The number of nitrogens with zero attached hydrogens (tertiary/aromatic N) is 2. The van der Waals surface area contributed by atoms with Crippen LogP contribution in [0, 0.1) is 0 Å². The summed E-state index contributed by atoms with van der Waals surface area (Å²) in [7, 11) is 0. The van der Waals surface area contributed by atoms with Gasteiger partial charge in [-0.15, -0.1) is 0 Å². The third kappa shape index (κ3) is 2.94. The van der Waals surface area contributed by atoms with E-state index in [0.717, 1.165) is 17.6 Å². The molecule has 2 heterocycles. The zero-order valence-electron chi connectivity index (χ0n) is 11.9. The highest BCUT2D eigenvalue weighted by Crippen LogP contribution is 2.15. The van der Waals surface area contributed by atoms with Crippen molar-refractivity contribution in [3.8, 4) is 0 Å². The normalized spacial score (nSPS) is 10.7. The van der Waals surface area contributed by atoms with Gasteiger partial charge in [-0.05, 0) is 36.1 Å². The maximum atomic E-state index is 11.6. The van der Waals surface area contributed by atoms with Crippen LogP contribution in [-0.2, 0) is 13.1 Å². The second-order valence-corrected chi connectivity index (χ2v) is 4.95. The van der Waals surface area contributed by atoms with E-state index < -0.39 is 0 Å². The monoisotopic (exact) mass is 279 g/mol. The Morgan fingerprint density at radius 2 is 2.05 bits per heavy atom. The average Bonchev–Trinajstić information content (AvgIpc) is 2.54. The van der Waals surface area contributed by atoms with Gasteiger partial charge in [-0.2, -0.15) is 0 Å². The van der Waals surface area contributed by atoms with Gasteiger partial charge in [-0.25, -0.2) is 0 Å². The van der Waals surface area contributed by atoms with Crippen LogP contribution in [0.2, 0.25) is 0 Å². The van der Waals surface area contributed by atoms with Crippen LogP contribution in [-0.4, -0.2) is 9.55 Å². The zero-order chi connectivity index (χ0) is 14.7. The molecule has 1 N–H and O–H groups in total. The van der Waals surface area contributed by atoms with Crippen molar-refractivity contribution in [1.29, 1.82) is 0 Å². The van der Waals surface area contributed by atoms with Crippen molar-refractivity contribution >= 4 is 16.5 Å². The molecule has 3 aromatic rings. The minimum absolute atomic E-state index is 0.0289. The first-order valence-corrected chi connectivity index (χ1v) is 7.03. The maximum Gasteiger partial charge on any atom is 0.250 e. The fourth-order valence-corrected chi connectivity index (χ4v) is 2.33. The molecule has 0 aliphatic rings. The fraction of sp³-hybridized carbons (Fsp3) is 0.176. The van der Waals surface area contributed by atoms with Crippen LogP contribution >= 0.6 is 0 Å². The molecule has 0 saturated heterocycles. The van der Waals surface area contributed by atoms with Crippen LogP contribution in [0.5, 0.6) is 0 Å². The van der Waals surface area contributed by atoms with Crippen molar-refractivity contribution in [2.45, 2.75) is 20.0 Å². The number of rotatable bonds is 4. The van der Waals surface area contributed by atoms with E-state index in [-0.39, 0.29) is 5.56 Å². The van der Waals surface area contributed by atoms with E-state index in [4.69, 9.17) is 0 Å². The molecule has 0 aliphatic heterocycles. The Hall–Kier alpha value is -2.62. The molecule has 4 heteroatoms. The van der Waals surface area contributed by atoms with Gasteiger partial charge in [-0.3, -0.25) is 9.78 Å². The van der Waals surface area contributed by atoms with Crippen molar-refractivity contribution < 1.29 is 0 Å². The molecule has 0 atom stereocenters. The summed E-state index contributed by atoms with van der Waals surface area (Å²) in [5.41, 5.74) is 2.18. The Balaban J connectivity index is 1.78. The predicted octanol–water partition coefficient (Wildman–Crippen LogP) is 3.03. The summed E-state index contributed by atoms with van der Waals surface area (Å²) in [6.45, 7) is 3.36. The predicted molar refractivity (Wildman–Crippen MR) is 85.4 cm³/mol. The largest absolute Gasteiger partial charge is 0.380 e. The lowest BCUT2D eigenvalue weighted by molar-refractivity contribution is 0.727. The molecule has 2 aromatic heterocycles. The van der Waals surface area contributed by atoms with Gasteiger partial charge in [0.15, 0.2) is 0 Å². The number of hydrogen-bond acceptors (Lipinski definition) is 3. The van der Waals surface area contributed by atoms with Crippen LogP contribution in [0.15, 0.2) is 59.8 Å². The van der Waals surface area contributed by atoms with E-state index >= 15 is 0 Å². The maximum absolute atomic E-state index is 11.6. The van der Waals surface area contributed by atoms with E-state index in [9.17, 15) is 4.79 Å². The molecule has 0 radical (unpaired) electrons. The second kappa shape index (κ2) is 5.79. The molecule has 0 spiro atoms. The Labute approximate surface area is 123 Å². The topological polar surface area (TPSA) is 46.9 Å². The summed E-state index contributed by atoms with van der Waals surface area (Å²) in [6, 6.07) is 11.7. The van der Waals surface area contributed by atoms with Gasteiger partial charge in [0.2, 0.25) is 0 Å². The third-order valence-electron chi connectivity index (χ3n) is 3.53. The molecule has 0 saturated carbocycles. The van der Waals surface area contributed by atoms with Crippen molar-refractivity contribution in [2.75, 3.05) is 5.32 Å². The minimum atomic E-state index is 0.0289. The van der Waals surface area contributed by atoms with Crippen LogP contribution in [0.25, 0.3) is 10.8 Å². The smallest absolute Gasteiger partial charge is 0.250 e. The van der Waals surface area contributed by atoms with Crippen molar-refractivity contribution in [3.63, 3.8) is 0 Å². The number of pyridine rings is 2. The van der Waals surface area contributed by atoms with E-state index in [0.29, 0.717) is 6.54 Å². The van der Waals surface area contributed by atoms with Gasteiger partial charge in [0.05, 0.1) is 5.69 Å². The van der Waals surface area contributed by atoms with Gasteiger partial charge < -0.3 is 9.88 Å². The number of aromatic nitrogens is 2. The first-order chi connectivity index (χ1) is 10.3. The molecule has 0 unspecified atom stereocenters. The lowest BCUT2D eigenvalue weighted by atomic mass is 10.1. The molecular formula is C17H17N3O. The first-order valence-electron chi connectivity index (χ1n) is 7.03. The number of nitrogens with one attached hydrogen (secondary N) is 1. The highest BCUT2D eigenvalue weighted by molar-refractivity contribution is 5.82. The van der Waals surface area contributed by atoms with Crippen molar-refractivity contribution in [2.24, 2.45) is 0 Å². The summed E-state index contributed by atoms with van der Waals surface area (Å²) in [5.74, 6) is 0. The Morgan fingerprint density at radius 3 is 2.90 bits per heavy atom. The number of benzene rings is 1. The number of hydrogen-bond donors (Lipinski definition) is 1. The van der Waals surface area contributed by atoms with Gasteiger partial charge in [0, 0.05) is 43.1 Å². The van der Waals surface area contributed by atoms with Gasteiger partial charge in [0.25, 0.3) is 5.56 Å². The molecule has 1 aromatic carbocycles. The van der Waals surface area contributed by atoms with E-state index in [2.05, 4.69) is 28.5 Å². The SMILES string of the molecule is CCn1cc(NCc2ccc3cnccc3c2)ccc1=O. The first kappa shape index (κ1) is 13.4. The van der Waals surface area contributed by atoms with Gasteiger partial charge in [-0.1, -0.05) is 12.1 Å². The van der Waals surface area contributed by atoms with Crippen LogP contribution in [0.3, 0.4) is 0 Å². The molecular weight excluding hydrogens is 262 g/mol. The molecule has 0 aliphatic carbocycles. The average molecular weight is 279 g/mol. The molecule has 21 heavy (non-hydrogen) atoms. The summed E-state index contributed by atoms with van der Waals surface area (Å²) >= 11 is 0. The fourth-order valence-electron chi connectivity index (χ4n) is 2.33. The Morgan fingerprint density at radius 1 is 1.14 bits per heavy atom. The molecule has 0 bridgehead atoms. The van der Waals surface area contributed by atoms with E-state index in [1.807, 2.05) is 31.5 Å². The van der Waals surface area contributed by atoms with Gasteiger partial charge >= 0.3 is 0 Å². The van der Waals surface area contributed by atoms with Crippen molar-refractivity contribution in [1.82, 2.24) is 9.55 Å². The lowest BCUT2D eigenvalue weighted by Gasteiger charge is -2.09. The Kier molecular flexibility index (Phi) is 3.69. The van der Waals surface area contributed by atoms with Gasteiger partial charge in [0.1, 0.15) is 0 Å². The highest BCUT2D eigenvalue weighted by atomic mass is 16.1. The molecule has 106 valence electrons. The van der Waals surface area contributed by atoms with E-state index in [1.54, 1.807) is 16.8 Å². The highest BCUT2D eigenvalue weighted by Gasteiger charge is 1.99. The van der Waals surface area contributed by atoms with Crippen molar-refractivity contribution in [3.05, 3.63) is 70.9 Å². The third-order valence-corrected chi connectivity index (χ3v) is 3.53. The molecule has 0 fully saturated rings. The van der Waals surface area contributed by atoms with Crippen LogP contribution in [0.1, 0.15) is 12.5 Å². The molecule has 4 nitrogen and oxygen atoms in total. The molecule has 3 rings (SSSR count). The summed E-state index contributed by atoms with van der Waals surface area (Å²) in [4.78, 5) is 15.7. The Bertz CT molecular complexity index is 823. The zero-order valence-corrected chi connectivity index (χ0v) is 11.9. The lowest BCUT2D eigenvalue weighted by Crippen LogP contribution is -2.17. The summed E-state index contributed by atoms with van der Waals surface area (Å²) in [5, 5.41) is 5.68. The summed E-state index contributed by atoms with van der Waals surface area (Å²) < 4.78 is 1.69.